The molecule has 1 saturated carbocycles. The molecule has 2 heteroatoms. The van der Waals surface area contributed by atoms with E-state index in [2.05, 4.69) is 43.4 Å². The van der Waals surface area contributed by atoms with Crippen molar-refractivity contribution in [2.24, 2.45) is 11.8 Å². The summed E-state index contributed by atoms with van der Waals surface area (Å²) >= 11 is 0. The van der Waals surface area contributed by atoms with Crippen LogP contribution in [0.2, 0.25) is 0 Å². The van der Waals surface area contributed by atoms with Gasteiger partial charge in [0.2, 0.25) is 0 Å². The van der Waals surface area contributed by atoms with Crippen LogP contribution in [-0.2, 0) is 6.42 Å². The molecule has 2 unspecified atom stereocenters. The highest BCUT2D eigenvalue weighted by atomic mass is 16.5. The maximum atomic E-state index is 5.47. The Morgan fingerprint density at radius 3 is 2.68 bits per heavy atom. The molecule has 1 aromatic carbocycles. The van der Waals surface area contributed by atoms with Gasteiger partial charge in [0.1, 0.15) is 5.75 Å². The van der Waals surface area contributed by atoms with Crippen molar-refractivity contribution in [3.8, 4) is 5.75 Å². The fraction of sp³-hybridized carbons (Fsp3) is 0.647. The molecule has 2 atom stereocenters. The summed E-state index contributed by atoms with van der Waals surface area (Å²) < 4.78 is 5.47. The molecule has 0 aliphatic heterocycles. The third-order valence-corrected chi connectivity index (χ3v) is 4.28. The van der Waals surface area contributed by atoms with Crippen molar-refractivity contribution in [1.82, 2.24) is 5.32 Å². The molecule has 0 radical (unpaired) electrons. The molecule has 2 nitrogen and oxygen atoms in total. The topological polar surface area (TPSA) is 21.3 Å². The molecule has 106 valence electrons. The Morgan fingerprint density at radius 1 is 1.21 bits per heavy atom. The first-order chi connectivity index (χ1) is 9.20. The zero-order chi connectivity index (χ0) is 13.7. The molecule has 0 heterocycles. The Morgan fingerprint density at radius 2 is 1.95 bits per heavy atom. The third kappa shape index (κ3) is 3.97. The lowest BCUT2D eigenvalue weighted by molar-refractivity contribution is 0.346. The van der Waals surface area contributed by atoms with E-state index >= 15 is 0 Å². The predicted octanol–water partition coefficient (Wildman–Crippen LogP) is 3.65. The summed E-state index contributed by atoms with van der Waals surface area (Å²) in [6.45, 7) is 5.62. The average molecular weight is 261 g/mol. The fourth-order valence-electron chi connectivity index (χ4n) is 3.19. The number of benzene rings is 1. The normalized spacial score (nSPS) is 22.9. The van der Waals surface area contributed by atoms with Gasteiger partial charge in [-0.05, 0) is 49.3 Å². The highest BCUT2D eigenvalue weighted by Gasteiger charge is 2.27. The smallest absolute Gasteiger partial charge is 0.122 e. The largest absolute Gasteiger partial charge is 0.496 e. The van der Waals surface area contributed by atoms with Gasteiger partial charge in [0.05, 0.1) is 7.11 Å². The van der Waals surface area contributed by atoms with Crippen molar-refractivity contribution < 1.29 is 4.74 Å². The first kappa shape index (κ1) is 14.4. The van der Waals surface area contributed by atoms with Crippen molar-refractivity contribution in [2.75, 3.05) is 13.7 Å². The molecular weight excluding hydrogens is 234 g/mol. The zero-order valence-corrected chi connectivity index (χ0v) is 12.5. The first-order valence-corrected chi connectivity index (χ1v) is 7.56. The van der Waals surface area contributed by atoms with Gasteiger partial charge in [-0.15, -0.1) is 0 Å². The van der Waals surface area contributed by atoms with Gasteiger partial charge in [-0.1, -0.05) is 38.5 Å². The summed E-state index contributed by atoms with van der Waals surface area (Å²) in [4.78, 5) is 0. The van der Waals surface area contributed by atoms with Crippen LogP contribution in [0.3, 0.4) is 0 Å². The zero-order valence-electron chi connectivity index (χ0n) is 12.5. The van der Waals surface area contributed by atoms with Crippen molar-refractivity contribution >= 4 is 0 Å². The monoisotopic (exact) mass is 261 g/mol. The summed E-state index contributed by atoms with van der Waals surface area (Å²) in [7, 11) is 1.77. The summed E-state index contributed by atoms with van der Waals surface area (Å²) in [5, 5.41) is 3.60. The maximum absolute atomic E-state index is 5.47. The Balaban J connectivity index is 1.97. The Labute approximate surface area is 117 Å². The Hall–Kier alpha value is -1.02. The maximum Gasteiger partial charge on any atom is 0.122 e. The summed E-state index contributed by atoms with van der Waals surface area (Å²) in [5.41, 5.74) is 1.37. The molecule has 19 heavy (non-hydrogen) atoms. The van der Waals surface area contributed by atoms with E-state index in [1.807, 2.05) is 0 Å². The number of ether oxygens (including phenoxy) is 1. The standard InChI is InChI=1S/C17H27NO/c1-13(2)18-12-16-9-6-8-14(16)11-15-7-4-5-10-17(15)19-3/h4-5,7,10,13-14,16,18H,6,8-9,11-12H2,1-3H3. The predicted molar refractivity (Wildman–Crippen MR) is 80.7 cm³/mol. The van der Waals surface area contributed by atoms with Crippen LogP contribution in [0.25, 0.3) is 0 Å². The molecule has 1 N–H and O–H groups in total. The van der Waals surface area contributed by atoms with E-state index in [9.17, 15) is 0 Å². The van der Waals surface area contributed by atoms with E-state index < -0.39 is 0 Å². The number of nitrogens with one attached hydrogen (secondary N) is 1. The molecule has 1 fully saturated rings. The minimum absolute atomic E-state index is 0.590. The van der Waals surface area contributed by atoms with Gasteiger partial charge in [0, 0.05) is 6.04 Å². The molecule has 0 bridgehead atoms. The molecule has 0 spiro atoms. The molecule has 1 aliphatic rings. The van der Waals surface area contributed by atoms with E-state index in [4.69, 9.17) is 4.74 Å². The summed E-state index contributed by atoms with van der Waals surface area (Å²) in [5.74, 6) is 2.68. The van der Waals surface area contributed by atoms with Crippen LogP contribution in [0.5, 0.6) is 5.75 Å². The van der Waals surface area contributed by atoms with Crippen molar-refractivity contribution in [1.29, 1.82) is 0 Å². The fourth-order valence-corrected chi connectivity index (χ4v) is 3.19. The number of rotatable bonds is 6. The van der Waals surface area contributed by atoms with Gasteiger partial charge in [0.15, 0.2) is 0 Å². The van der Waals surface area contributed by atoms with Gasteiger partial charge in [-0.25, -0.2) is 0 Å². The lowest BCUT2D eigenvalue weighted by Gasteiger charge is -2.22. The molecule has 2 rings (SSSR count). The van der Waals surface area contributed by atoms with Crippen LogP contribution in [0.1, 0.15) is 38.7 Å². The highest BCUT2D eigenvalue weighted by Crippen LogP contribution is 2.35. The Kier molecular flexibility index (Phi) is 5.26. The highest BCUT2D eigenvalue weighted by molar-refractivity contribution is 5.33. The summed E-state index contributed by atoms with van der Waals surface area (Å²) in [6.07, 6.45) is 5.28. The minimum Gasteiger partial charge on any atom is -0.496 e. The number of hydrogen-bond donors (Lipinski definition) is 1. The second-order valence-electron chi connectivity index (χ2n) is 6.03. The van der Waals surface area contributed by atoms with E-state index in [0.29, 0.717) is 6.04 Å². The molecule has 0 saturated heterocycles. The quantitative estimate of drug-likeness (QED) is 0.844. The van der Waals surface area contributed by atoms with Crippen LogP contribution < -0.4 is 10.1 Å². The SMILES string of the molecule is COc1ccccc1CC1CCCC1CNC(C)C. The molecule has 1 aliphatic carbocycles. The minimum atomic E-state index is 0.590. The lowest BCUT2D eigenvalue weighted by atomic mass is 9.89. The lowest BCUT2D eigenvalue weighted by Crippen LogP contribution is -2.31. The Bertz CT molecular complexity index is 389. The molecule has 0 aromatic heterocycles. The average Bonchev–Trinajstić information content (AvgIpc) is 2.84. The molecular formula is C17H27NO. The summed E-state index contributed by atoms with van der Waals surface area (Å²) in [6, 6.07) is 9.05. The second kappa shape index (κ2) is 6.95. The van der Waals surface area contributed by atoms with Crippen LogP contribution >= 0.6 is 0 Å². The van der Waals surface area contributed by atoms with Crippen molar-refractivity contribution in [3.63, 3.8) is 0 Å². The second-order valence-corrected chi connectivity index (χ2v) is 6.03. The van der Waals surface area contributed by atoms with E-state index in [1.54, 1.807) is 7.11 Å². The van der Waals surface area contributed by atoms with Gasteiger partial charge >= 0.3 is 0 Å². The van der Waals surface area contributed by atoms with Crippen LogP contribution in [0.15, 0.2) is 24.3 Å². The van der Waals surface area contributed by atoms with Gasteiger partial charge in [-0.3, -0.25) is 0 Å². The third-order valence-electron chi connectivity index (χ3n) is 4.28. The number of para-hydroxylation sites is 1. The van der Waals surface area contributed by atoms with Gasteiger partial charge in [-0.2, -0.15) is 0 Å². The number of hydrogen-bond acceptors (Lipinski definition) is 2. The van der Waals surface area contributed by atoms with Crippen molar-refractivity contribution in [3.05, 3.63) is 29.8 Å². The van der Waals surface area contributed by atoms with Gasteiger partial charge in [0.25, 0.3) is 0 Å². The van der Waals surface area contributed by atoms with Gasteiger partial charge < -0.3 is 10.1 Å². The van der Waals surface area contributed by atoms with Crippen molar-refractivity contribution in [2.45, 2.75) is 45.6 Å². The molecule has 1 aromatic rings. The molecule has 0 amide bonds. The number of methoxy groups -OCH3 is 1. The van der Waals surface area contributed by atoms with E-state index in [0.717, 1.165) is 30.6 Å². The van der Waals surface area contributed by atoms with Crippen LogP contribution in [0, 0.1) is 11.8 Å². The van der Waals surface area contributed by atoms with E-state index in [-0.39, 0.29) is 0 Å². The van der Waals surface area contributed by atoms with E-state index in [1.165, 1.54) is 24.8 Å². The van der Waals surface area contributed by atoms with Crippen LogP contribution in [-0.4, -0.2) is 19.7 Å². The van der Waals surface area contributed by atoms with Crippen LogP contribution in [0.4, 0.5) is 0 Å². The first-order valence-electron chi connectivity index (χ1n) is 7.56.